The topological polar surface area (TPSA) is 82.6 Å². The monoisotopic (exact) mass is 528 g/mol. The highest BCUT2D eigenvalue weighted by molar-refractivity contribution is 7.12. The zero-order valence-corrected chi connectivity index (χ0v) is 21.2. The first-order valence-corrected chi connectivity index (χ1v) is 13.0. The lowest BCUT2D eigenvalue weighted by molar-refractivity contribution is -0.137. The van der Waals surface area contributed by atoms with E-state index >= 15 is 0 Å². The number of anilines is 1. The minimum atomic E-state index is -4.47. The molecule has 37 heavy (non-hydrogen) atoms. The molecule has 1 fully saturated rings. The number of morpholine rings is 1. The minimum Gasteiger partial charge on any atom is -0.384 e. The van der Waals surface area contributed by atoms with E-state index in [9.17, 15) is 23.2 Å². The van der Waals surface area contributed by atoms with E-state index in [0.717, 1.165) is 47.1 Å². The highest BCUT2D eigenvalue weighted by Gasteiger charge is 2.41. The van der Waals surface area contributed by atoms with Crippen LogP contribution in [0.25, 0.3) is 0 Å². The zero-order chi connectivity index (χ0) is 26.3. The maximum Gasteiger partial charge on any atom is 0.416 e. The number of hydrogen-bond acceptors (Lipinski definition) is 7. The maximum atomic E-state index is 13.3. The molecule has 10 heteroatoms. The van der Waals surface area contributed by atoms with Gasteiger partial charge in [0.25, 0.3) is 0 Å². The Bertz CT molecular complexity index is 1310. The normalized spacial score (nSPS) is 21.3. The molecular weight excluding hydrogens is 501 g/mol. The Morgan fingerprint density at radius 2 is 1.89 bits per heavy atom. The first-order valence-electron chi connectivity index (χ1n) is 12.2. The third kappa shape index (κ3) is 4.79. The fraction of sp³-hybridized carbons (Fsp3) is 0.407. The van der Waals surface area contributed by atoms with Gasteiger partial charge in [0.1, 0.15) is 5.82 Å². The van der Waals surface area contributed by atoms with Gasteiger partial charge < -0.3 is 10.5 Å². The van der Waals surface area contributed by atoms with Crippen LogP contribution in [0.15, 0.2) is 53.0 Å². The standard InChI is InChI=1S/C27H27F3N4O2S/c1-16-17(15-33-9-11-36-12-10-33)13-23(37-16)24-20(14-31)26(32)34(21-3-2-4-22(35)25(21)24)19-7-5-18(6-8-19)27(28,29)30/h5-8,13,24H,2-4,9-12,15,32H2,1H3. The Labute approximate surface area is 217 Å². The third-order valence-corrected chi connectivity index (χ3v) is 8.35. The molecule has 6 nitrogen and oxygen atoms in total. The summed E-state index contributed by atoms with van der Waals surface area (Å²) in [6.07, 6.45) is -2.95. The summed E-state index contributed by atoms with van der Waals surface area (Å²) in [5, 5.41) is 10.2. The summed E-state index contributed by atoms with van der Waals surface area (Å²) in [7, 11) is 0. The number of nitriles is 1. The van der Waals surface area contributed by atoms with Crippen LogP contribution in [-0.2, 0) is 22.3 Å². The van der Waals surface area contributed by atoms with Crippen LogP contribution < -0.4 is 10.6 Å². The first kappa shape index (κ1) is 25.5. The number of carbonyl (C=O) groups is 1. The molecule has 2 aromatic rings. The van der Waals surface area contributed by atoms with E-state index in [0.29, 0.717) is 49.4 Å². The molecule has 1 aromatic carbocycles. The Kier molecular flexibility index (Phi) is 6.88. The highest BCUT2D eigenvalue weighted by atomic mass is 32.1. The van der Waals surface area contributed by atoms with Gasteiger partial charge >= 0.3 is 6.18 Å². The van der Waals surface area contributed by atoms with Gasteiger partial charge in [0.15, 0.2) is 5.78 Å². The van der Waals surface area contributed by atoms with Crippen molar-refractivity contribution in [2.75, 3.05) is 31.2 Å². The van der Waals surface area contributed by atoms with Gasteiger partial charge in [-0.2, -0.15) is 18.4 Å². The number of benzene rings is 1. The Balaban J connectivity index is 1.57. The van der Waals surface area contributed by atoms with Gasteiger partial charge in [-0.15, -0.1) is 11.3 Å². The van der Waals surface area contributed by atoms with Crippen molar-refractivity contribution >= 4 is 22.8 Å². The molecular formula is C27H27F3N4O2S. The van der Waals surface area contributed by atoms with Gasteiger partial charge in [0.05, 0.1) is 36.3 Å². The molecule has 3 aliphatic rings. The van der Waals surface area contributed by atoms with E-state index in [4.69, 9.17) is 10.5 Å². The van der Waals surface area contributed by atoms with Crippen molar-refractivity contribution in [3.8, 4) is 6.07 Å². The van der Waals surface area contributed by atoms with E-state index in [1.165, 1.54) is 12.1 Å². The molecule has 0 bridgehead atoms. The van der Waals surface area contributed by atoms with Gasteiger partial charge in [-0.1, -0.05) is 0 Å². The molecule has 1 saturated heterocycles. The van der Waals surface area contributed by atoms with Crippen LogP contribution in [0.3, 0.4) is 0 Å². The number of alkyl halides is 3. The molecule has 1 atom stereocenters. The number of allylic oxidation sites excluding steroid dienone is 3. The summed E-state index contributed by atoms with van der Waals surface area (Å²) in [6, 6.07) is 8.96. The lowest BCUT2D eigenvalue weighted by atomic mass is 9.78. The number of Topliss-reactive ketones (excluding diaryl/α,β-unsaturated/α-hetero) is 1. The average molecular weight is 529 g/mol. The van der Waals surface area contributed by atoms with Gasteiger partial charge in [-0.25, -0.2) is 0 Å². The molecule has 2 N–H and O–H groups in total. The second-order valence-electron chi connectivity index (χ2n) is 9.48. The number of halogens is 3. The van der Waals surface area contributed by atoms with Crippen LogP contribution in [0.2, 0.25) is 0 Å². The predicted molar refractivity (Wildman–Crippen MR) is 135 cm³/mol. The second kappa shape index (κ2) is 9.97. The zero-order valence-electron chi connectivity index (χ0n) is 20.4. The quantitative estimate of drug-likeness (QED) is 0.587. The first-order chi connectivity index (χ1) is 17.7. The maximum absolute atomic E-state index is 13.3. The molecule has 1 aliphatic carbocycles. The number of hydrogen-bond donors (Lipinski definition) is 1. The van der Waals surface area contributed by atoms with Crippen molar-refractivity contribution in [3.05, 3.63) is 73.9 Å². The molecule has 1 unspecified atom stereocenters. The lowest BCUT2D eigenvalue weighted by Gasteiger charge is -2.39. The lowest BCUT2D eigenvalue weighted by Crippen LogP contribution is -2.38. The SMILES string of the molecule is Cc1sc(C2C(C#N)=C(N)N(c3ccc(C(F)(F)F)cc3)C3=C2C(=O)CCC3)cc1CN1CCOCC1. The van der Waals surface area contributed by atoms with E-state index in [1.807, 2.05) is 6.92 Å². The Morgan fingerprint density at radius 1 is 1.19 bits per heavy atom. The number of ether oxygens (including phenoxy) is 1. The fourth-order valence-corrected chi connectivity index (χ4v) is 6.47. The summed E-state index contributed by atoms with van der Waals surface area (Å²) in [5.74, 6) is -0.480. The van der Waals surface area contributed by atoms with Crippen LogP contribution in [0.1, 0.15) is 46.1 Å². The van der Waals surface area contributed by atoms with Crippen molar-refractivity contribution in [1.82, 2.24) is 4.90 Å². The molecule has 0 radical (unpaired) electrons. The fourth-order valence-electron chi connectivity index (χ4n) is 5.31. The summed E-state index contributed by atoms with van der Waals surface area (Å²) in [5.41, 5.74) is 8.77. The predicted octanol–water partition coefficient (Wildman–Crippen LogP) is 5.21. The van der Waals surface area contributed by atoms with E-state index in [-0.39, 0.29) is 17.2 Å². The van der Waals surface area contributed by atoms with Gasteiger partial charge in [0.2, 0.25) is 0 Å². The summed E-state index contributed by atoms with van der Waals surface area (Å²) in [6.45, 7) is 5.89. The molecule has 194 valence electrons. The number of nitrogens with two attached hydrogens (primary N) is 1. The van der Waals surface area contributed by atoms with Crippen molar-refractivity contribution in [2.45, 2.75) is 44.8 Å². The smallest absolute Gasteiger partial charge is 0.384 e. The molecule has 5 rings (SSSR count). The molecule has 1 aromatic heterocycles. The third-order valence-electron chi connectivity index (χ3n) is 7.19. The number of thiophene rings is 1. The largest absolute Gasteiger partial charge is 0.416 e. The van der Waals surface area contributed by atoms with Crippen molar-refractivity contribution in [2.24, 2.45) is 5.73 Å². The summed E-state index contributed by atoms with van der Waals surface area (Å²) >= 11 is 1.56. The number of nitrogens with zero attached hydrogens (tertiary/aromatic N) is 3. The summed E-state index contributed by atoms with van der Waals surface area (Å²) in [4.78, 5) is 19.2. The van der Waals surface area contributed by atoms with Crippen LogP contribution in [0.5, 0.6) is 0 Å². The molecule has 0 spiro atoms. The van der Waals surface area contributed by atoms with Crippen molar-refractivity contribution in [1.29, 1.82) is 5.26 Å². The van der Waals surface area contributed by atoms with E-state index < -0.39 is 17.7 Å². The average Bonchev–Trinajstić information content (AvgIpc) is 3.23. The van der Waals surface area contributed by atoms with E-state index in [2.05, 4.69) is 17.0 Å². The van der Waals surface area contributed by atoms with E-state index in [1.54, 1.807) is 16.2 Å². The molecule has 3 heterocycles. The van der Waals surface area contributed by atoms with Crippen molar-refractivity contribution < 1.29 is 22.7 Å². The van der Waals surface area contributed by atoms with Gasteiger partial charge in [-0.3, -0.25) is 14.6 Å². The van der Waals surface area contributed by atoms with Gasteiger partial charge in [0, 0.05) is 52.8 Å². The molecule has 2 aliphatic heterocycles. The van der Waals surface area contributed by atoms with Crippen molar-refractivity contribution in [3.63, 3.8) is 0 Å². The molecule has 0 amide bonds. The number of aryl methyl sites for hydroxylation is 1. The van der Waals surface area contributed by atoms with Gasteiger partial charge in [-0.05, 0) is 55.7 Å². The number of ketones is 1. The number of rotatable bonds is 4. The highest BCUT2D eigenvalue weighted by Crippen LogP contribution is 2.48. The Hall–Kier alpha value is -3.13. The number of carbonyl (C=O) groups excluding carboxylic acids is 1. The summed E-state index contributed by atoms with van der Waals surface area (Å²) < 4.78 is 44.9. The van der Waals surface area contributed by atoms with Crippen LogP contribution in [0, 0.1) is 18.3 Å². The van der Waals surface area contributed by atoms with Crippen LogP contribution in [0.4, 0.5) is 18.9 Å². The van der Waals surface area contributed by atoms with Crippen LogP contribution in [-0.4, -0.2) is 37.0 Å². The molecule has 0 saturated carbocycles. The minimum absolute atomic E-state index is 0.0517. The second-order valence-corrected chi connectivity index (χ2v) is 10.8. The Morgan fingerprint density at radius 3 is 2.54 bits per heavy atom. The van der Waals surface area contributed by atoms with Crippen LogP contribution >= 0.6 is 11.3 Å².